The van der Waals surface area contributed by atoms with Crippen molar-refractivity contribution in [3.05, 3.63) is 23.5 Å². The van der Waals surface area contributed by atoms with E-state index in [9.17, 15) is 4.79 Å². The molecule has 2 amide bonds. The number of hydrogen-bond acceptors (Lipinski definition) is 6. The topological polar surface area (TPSA) is 78.9 Å². The Morgan fingerprint density at radius 1 is 1.21 bits per heavy atom. The van der Waals surface area contributed by atoms with Gasteiger partial charge in [0.25, 0.3) is 5.89 Å². The van der Waals surface area contributed by atoms with Crippen molar-refractivity contribution in [3.63, 3.8) is 0 Å². The first-order valence-corrected chi connectivity index (χ1v) is 8.15. The minimum atomic E-state index is 0.130. The van der Waals surface area contributed by atoms with E-state index in [2.05, 4.69) is 15.1 Å². The smallest absolute Gasteiger partial charge is 0.320 e. The molecule has 2 saturated heterocycles. The molecular weight excluding hydrogens is 310 g/mol. The number of likely N-dealkylation sites (N-methyl/N-ethyl adjacent to an activating group) is 1. The van der Waals surface area contributed by atoms with Gasteiger partial charge in [-0.15, -0.1) is 10.2 Å². The zero-order valence-corrected chi connectivity index (χ0v) is 14.2. The number of hydrogen-bond donors (Lipinski definition) is 0. The Morgan fingerprint density at radius 2 is 2.04 bits per heavy atom. The molecular formula is C16H21N5O3. The van der Waals surface area contributed by atoms with Crippen molar-refractivity contribution in [3.8, 4) is 11.5 Å². The zero-order chi connectivity index (χ0) is 16.8. The molecule has 2 fully saturated rings. The summed E-state index contributed by atoms with van der Waals surface area (Å²) in [5, 5.41) is 8.30. The Kier molecular flexibility index (Phi) is 3.56. The summed E-state index contributed by atoms with van der Waals surface area (Å²) in [4.78, 5) is 18.0. The molecule has 2 aromatic rings. The molecule has 128 valence electrons. The van der Waals surface area contributed by atoms with Crippen LogP contribution < -0.4 is 0 Å². The molecule has 24 heavy (non-hydrogen) atoms. The van der Waals surface area contributed by atoms with Crippen LogP contribution in [0.5, 0.6) is 0 Å². The quantitative estimate of drug-likeness (QED) is 0.848. The first kappa shape index (κ1) is 15.2. The molecule has 8 nitrogen and oxygen atoms in total. The van der Waals surface area contributed by atoms with Crippen LogP contribution in [-0.4, -0.2) is 70.2 Å². The Labute approximate surface area is 140 Å². The van der Waals surface area contributed by atoms with Crippen LogP contribution in [0.2, 0.25) is 0 Å². The average Bonchev–Trinajstić information content (AvgIpc) is 3.19. The highest BCUT2D eigenvalue weighted by Gasteiger charge is 2.39. The summed E-state index contributed by atoms with van der Waals surface area (Å²) >= 11 is 0. The Hall–Kier alpha value is -2.35. The van der Waals surface area contributed by atoms with Crippen LogP contribution in [-0.2, 0) is 6.54 Å². The highest BCUT2D eigenvalue weighted by molar-refractivity contribution is 5.77. The van der Waals surface area contributed by atoms with Crippen LogP contribution in [0, 0.1) is 13.8 Å². The fourth-order valence-corrected chi connectivity index (χ4v) is 3.55. The molecule has 8 heteroatoms. The van der Waals surface area contributed by atoms with Crippen LogP contribution >= 0.6 is 0 Å². The van der Waals surface area contributed by atoms with Crippen molar-refractivity contribution < 1.29 is 13.6 Å². The van der Waals surface area contributed by atoms with E-state index in [0.717, 1.165) is 43.3 Å². The minimum Gasteiger partial charge on any atom is -0.466 e. The maximum Gasteiger partial charge on any atom is 0.320 e. The number of aromatic nitrogens is 2. The second-order valence-corrected chi connectivity index (χ2v) is 6.57. The van der Waals surface area contributed by atoms with E-state index in [1.807, 2.05) is 31.9 Å². The number of aryl methyl sites for hydroxylation is 2. The molecule has 0 bridgehead atoms. The SMILES string of the molecule is Cc1cc(-c2nnc(CN3CCN4C(=O)N(C)CC4C3)o2)c(C)o1. The van der Waals surface area contributed by atoms with Gasteiger partial charge in [-0.05, 0) is 19.9 Å². The van der Waals surface area contributed by atoms with E-state index in [-0.39, 0.29) is 12.1 Å². The van der Waals surface area contributed by atoms with Gasteiger partial charge in [0.05, 0.1) is 18.2 Å². The molecule has 4 heterocycles. The van der Waals surface area contributed by atoms with Gasteiger partial charge in [-0.3, -0.25) is 4.90 Å². The fourth-order valence-electron chi connectivity index (χ4n) is 3.55. The molecule has 2 aliphatic rings. The Bertz CT molecular complexity index is 768. The highest BCUT2D eigenvalue weighted by Crippen LogP contribution is 2.26. The maximum atomic E-state index is 12.0. The predicted octanol–water partition coefficient (Wildman–Crippen LogP) is 1.50. The van der Waals surface area contributed by atoms with Crippen molar-refractivity contribution in [1.82, 2.24) is 24.9 Å². The third-order valence-electron chi connectivity index (χ3n) is 4.72. The van der Waals surface area contributed by atoms with Gasteiger partial charge in [0.2, 0.25) is 5.89 Å². The monoisotopic (exact) mass is 331 g/mol. The third-order valence-corrected chi connectivity index (χ3v) is 4.72. The summed E-state index contributed by atoms with van der Waals surface area (Å²) in [6, 6.07) is 2.29. The van der Waals surface area contributed by atoms with Gasteiger partial charge in [0.1, 0.15) is 11.5 Å². The summed E-state index contributed by atoms with van der Waals surface area (Å²) in [5.41, 5.74) is 0.846. The number of carbonyl (C=O) groups excluding carboxylic acids is 1. The summed E-state index contributed by atoms with van der Waals surface area (Å²) in [7, 11) is 1.85. The molecule has 2 aromatic heterocycles. The summed E-state index contributed by atoms with van der Waals surface area (Å²) < 4.78 is 11.3. The van der Waals surface area contributed by atoms with E-state index in [1.165, 1.54) is 0 Å². The first-order chi connectivity index (χ1) is 11.5. The van der Waals surface area contributed by atoms with Gasteiger partial charge in [0.15, 0.2) is 0 Å². The van der Waals surface area contributed by atoms with Gasteiger partial charge in [-0.1, -0.05) is 0 Å². The van der Waals surface area contributed by atoms with Crippen molar-refractivity contribution in [2.75, 3.05) is 33.2 Å². The molecule has 1 atom stereocenters. The van der Waals surface area contributed by atoms with Crippen LogP contribution in [0.4, 0.5) is 4.79 Å². The van der Waals surface area contributed by atoms with Gasteiger partial charge in [0, 0.05) is 33.2 Å². The first-order valence-electron chi connectivity index (χ1n) is 8.15. The van der Waals surface area contributed by atoms with Crippen LogP contribution in [0.25, 0.3) is 11.5 Å². The number of amides is 2. The maximum absolute atomic E-state index is 12.0. The van der Waals surface area contributed by atoms with E-state index < -0.39 is 0 Å². The average molecular weight is 331 g/mol. The van der Waals surface area contributed by atoms with E-state index in [4.69, 9.17) is 8.83 Å². The normalized spacial score (nSPS) is 21.6. The number of furan rings is 1. The number of piperazine rings is 1. The number of urea groups is 1. The van der Waals surface area contributed by atoms with Crippen LogP contribution in [0.15, 0.2) is 14.9 Å². The van der Waals surface area contributed by atoms with Crippen molar-refractivity contribution >= 4 is 6.03 Å². The summed E-state index contributed by atoms with van der Waals surface area (Å²) in [5.74, 6) is 2.69. The van der Waals surface area contributed by atoms with Gasteiger partial charge < -0.3 is 18.6 Å². The number of nitrogens with zero attached hydrogens (tertiary/aromatic N) is 5. The lowest BCUT2D eigenvalue weighted by atomic mass is 10.2. The standard InChI is InChI=1S/C16H21N5O3/c1-10-6-13(11(2)23-10)15-18-17-14(24-15)9-20-4-5-21-12(8-20)7-19(3)16(21)22/h6,12H,4-5,7-9H2,1-3H3. The molecule has 0 saturated carbocycles. The summed E-state index contributed by atoms with van der Waals surface area (Å²) in [6.07, 6.45) is 0. The Balaban J connectivity index is 1.44. The second-order valence-electron chi connectivity index (χ2n) is 6.57. The fraction of sp³-hybridized carbons (Fsp3) is 0.562. The predicted molar refractivity (Wildman–Crippen MR) is 85.3 cm³/mol. The second kappa shape index (κ2) is 5.62. The van der Waals surface area contributed by atoms with E-state index in [1.54, 1.807) is 4.90 Å². The zero-order valence-electron chi connectivity index (χ0n) is 14.2. The lowest BCUT2D eigenvalue weighted by molar-refractivity contribution is 0.110. The molecule has 0 spiro atoms. The molecule has 0 aromatic carbocycles. The van der Waals surface area contributed by atoms with Crippen molar-refractivity contribution in [2.45, 2.75) is 26.4 Å². The molecule has 4 rings (SSSR count). The third kappa shape index (κ3) is 2.56. The number of rotatable bonds is 3. The lowest BCUT2D eigenvalue weighted by Crippen LogP contribution is -2.51. The van der Waals surface area contributed by atoms with Crippen LogP contribution in [0.1, 0.15) is 17.4 Å². The van der Waals surface area contributed by atoms with Crippen molar-refractivity contribution in [2.24, 2.45) is 0 Å². The van der Waals surface area contributed by atoms with Gasteiger partial charge in [-0.25, -0.2) is 4.79 Å². The minimum absolute atomic E-state index is 0.130. The lowest BCUT2D eigenvalue weighted by Gasteiger charge is -2.35. The van der Waals surface area contributed by atoms with Crippen LogP contribution in [0.3, 0.4) is 0 Å². The number of fused-ring (bicyclic) bond motifs is 1. The van der Waals surface area contributed by atoms with E-state index >= 15 is 0 Å². The molecule has 0 radical (unpaired) electrons. The Morgan fingerprint density at radius 3 is 2.79 bits per heavy atom. The number of carbonyl (C=O) groups is 1. The van der Waals surface area contributed by atoms with Crippen molar-refractivity contribution in [1.29, 1.82) is 0 Å². The largest absolute Gasteiger partial charge is 0.466 e. The molecule has 0 N–H and O–H groups in total. The molecule has 2 aliphatic heterocycles. The molecule has 0 aliphatic carbocycles. The summed E-state index contributed by atoms with van der Waals surface area (Å²) in [6.45, 7) is 7.55. The highest BCUT2D eigenvalue weighted by atomic mass is 16.4. The molecule has 1 unspecified atom stereocenters. The van der Waals surface area contributed by atoms with Gasteiger partial charge in [-0.2, -0.15) is 0 Å². The van der Waals surface area contributed by atoms with E-state index in [0.29, 0.717) is 18.3 Å². The van der Waals surface area contributed by atoms with Gasteiger partial charge >= 0.3 is 6.03 Å².